The smallest absolute Gasteiger partial charge is 0.277 e. The third-order valence-corrected chi connectivity index (χ3v) is 3.23. The summed E-state index contributed by atoms with van der Waals surface area (Å²) in [7, 11) is 1.55. The van der Waals surface area contributed by atoms with E-state index < -0.39 is 17.6 Å². The third kappa shape index (κ3) is 3.85. The standard InChI is InChI=1S/C15H18FN3O4/c1-23-8-5-17-11-4-2-3-10(16)14(11)18-12-9-13(21)19(6-7-20)15(12)22/h2-4,9,17-18,20H,5-8H2,1H3. The third-order valence-electron chi connectivity index (χ3n) is 3.23. The van der Waals surface area contributed by atoms with Crippen molar-refractivity contribution < 1.29 is 23.8 Å². The second kappa shape index (κ2) is 7.70. The zero-order valence-corrected chi connectivity index (χ0v) is 12.6. The molecule has 2 rings (SSSR count). The molecule has 0 saturated carbocycles. The van der Waals surface area contributed by atoms with Crippen molar-refractivity contribution in [1.29, 1.82) is 0 Å². The fraction of sp³-hybridized carbons (Fsp3) is 0.333. The molecule has 1 aromatic carbocycles. The van der Waals surface area contributed by atoms with Crippen LogP contribution in [0.15, 0.2) is 30.0 Å². The molecule has 23 heavy (non-hydrogen) atoms. The fourth-order valence-corrected chi connectivity index (χ4v) is 2.13. The molecule has 0 aromatic heterocycles. The van der Waals surface area contributed by atoms with Gasteiger partial charge >= 0.3 is 0 Å². The number of nitrogens with one attached hydrogen (secondary N) is 2. The topological polar surface area (TPSA) is 90.9 Å². The van der Waals surface area contributed by atoms with Crippen molar-refractivity contribution in [3.8, 4) is 0 Å². The van der Waals surface area contributed by atoms with Gasteiger partial charge in [-0.2, -0.15) is 0 Å². The summed E-state index contributed by atoms with van der Waals surface area (Å²) in [5.74, 6) is -1.71. The Morgan fingerprint density at radius 3 is 2.83 bits per heavy atom. The van der Waals surface area contributed by atoms with Crippen LogP contribution in [-0.4, -0.2) is 55.2 Å². The molecule has 7 nitrogen and oxygen atoms in total. The number of methoxy groups -OCH3 is 1. The molecule has 0 unspecified atom stereocenters. The summed E-state index contributed by atoms with van der Waals surface area (Å²) < 4.78 is 19.0. The zero-order valence-electron chi connectivity index (χ0n) is 12.6. The van der Waals surface area contributed by atoms with Crippen LogP contribution in [0.4, 0.5) is 15.8 Å². The van der Waals surface area contributed by atoms with Gasteiger partial charge in [-0.25, -0.2) is 4.39 Å². The summed E-state index contributed by atoms with van der Waals surface area (Å²) >= 11 is 0. The monoisotopic (exact) mass is 323 g/mol. The fourth-order valence-electron chi connectivity index (χ4n) is 2.13. The maximum absolute atomic E-state index is 14.1. The van der Waals surface area contributed by atoms with Gasteiger partial charge in [-0.05, 0) is 12.1 Å². The van der Waals surface area contributed by atoms with Gasteiger partial charge in [0.05, 0.1) is 31.1 Å². The van der Waals surface area contributed by atoms with E-state index in [1.54, 1.807) is 13.2 Å². The SMILES string of the molecule is COCCNc1cccc(F)c1NC1=CC(=O)N(CCO)C1=O. The molecular weight excluding hydrogens is 305 g/mol. The molecule has 1 aliphatic rings. The van der Waals surface area contributed by atoms with E-state index in [0.29, 0.717) is 18.8 Å². The number of hydrogen-bond donors (Lipinski definition) is 3. The molecule has 0 saturated heterocycles. The van der Waals surface area contributed by atoms with Crippen molar-refractivity contribution >= 4 is 23.2 Å². The Morgan fingerprint density at radius 2 is 2.13 bits per heavy atom. The van der Waals surface area contributed by atoms with Crippen molar-refractivity contribution in [3.63, 3.8) is 0 Å². The van der Waals surface area contributed by atoms with E-state index in [2.05, 4.69) is 10.6 Å². The lowest BCUT2D eigenvalue weighted by Crippen LogP contribution is -2.34. The lowest BCUT2D eigenvalue weighted by molar-refractivity contribution is -0.137. The van der Waals surface area contributed by atoms with E-state index in [1.165, 1.54) is 12.1 Å². The Balaban J connectivity index is 2.18. The number of para-hydroxylation sites is 1. The van der Waals surface area contributed by atoms with E-state index in [1.807, 2.05) is 0 Å². The number of carbonyl (C=O) groups excluding carboxylic acids is 2. The largest absolute Gasteiger partial charge is 0.395 e. The van der Waals surface area contributed by atoms with E-state index in [0.717, 1.165) is 11.0 Å². The maximum Gasteiger partial charge on any atom is 0.277 e. The number of anilines is 2. The molecule has 0 fully saturated rings. The molecule has 1 aromatic rings. The highest BCUT2D eigenvalue weighted by Crippen LogP contribution is 2.27. The van der Waals surface area contributed by atoms with Gasteiger partial charge < -0.3 is 20.5 Å². The number of rotatable bonds is 8. The van der Waals surface area contributed by atoms with Gasteiger partial charge in [-0.3, -0.25) is 14.5 Å². The molecular formula is C15H18FN3O4. The molecule has 3 N–H and O–H groups in total. The van der Waals surface area contributed by atoms with Crippen LogP contribution in [-0.2, 0) is 14.3 Å². The molecule has 0 radical (unpaired) electrons. The first-order valence-corrected chi connectivity index (χ1v) is 7.05. The van der Waals surface area contributed by atoms with Gasteiger partial charge in [0, 0.05) is 19.7 Å². The summed E-state index contributed by atoms with van der Waals surface area (Å²) in [6, 6.07) is 4.43. The number of aliphatic hydroxyl groups excluding tert-OH is 1. The van der Waals surface area contributed by atoms with Crippen molar-refractivity contribution in [1.82, 2.24) is 4.90 Å². The lowest BCUT2D eigenvalue weighted by atomic mass is 10.2. The molecule has 0 aliphatic carbocycles. The Kier molecular flexibility index (Phi) is 5.67. The molecule has 1 heterocycles. The molecule has 0 spiro atoms. The van der Waals surface area contributed by atoms with Gasteiger partial charge in [-0.1, -0.05) is 6.07 Å². The van der Waals surface area contributed by atoms with Crippen LogP contribution in [0.25, 0.3) is 0 Å². The van der Waals surface area contributed by atoms with Crippen molar-refractivity contribution in [2.24, 2.45) is 0 Å². The summed E-state index contributed by atoms with van der Waals surface area (Å²) in [5.41, 5.74) is 0.481. The van der Waals surface area contributed by atoms with E-state index >= 15 is 0 Å². The van der Waals surface area contributed by atoms with E-state index in [-0.39, 0.29) is 24.5 Å². The predicted molar refractivity (Wildman–Crippen MR) is 82.3 cm³/mol. The van der Waals surface area contributed by atoms with Crippen LogP contribution in [0.2, 0.25) is 0 Å². The number of benzene rings is 1. The first-order valence-electron chi connectivity index (χ1n) is 7.05. The number of ether oxygens (including phenoxy) is 1. The average Bonchev–Trinajstić information content (AvgIpc) is 2.78. The highest BCUT2D eigenvalue weighted by molar-refractivity contribution is 6.17. The minimum Gasteiger partial charge on any atom is -0.395 e. The van der Waals surface area contributed by atoms with Crippen LogP contribution in [0, 0.1) is 5.82 Å². The van der Waals surface area contributed by atoms with Crippen LogP contribution < -0.4 is 10.6 Å². The second-order valence-corrected chi connectivity index (χ2v) is 4.78. The molecule has 0 atom stereocenters. The number of nitrogens with zero attached hydrogens (tertiary/aromatic N) is 1. The van der Waals surface area contributed by atoms with E-state index in [4.69, 9.17) is 9.84 Å². The van der Waals surface area contributed by atoms with Crippen molar-refractivity contribution in [2.45, 2.75) is 0 Å². The van der Waals surface area contributed by atoms with Gasteiger partial charge in [0.15, 0.2) is 0 Å². The molecule has 2 amide bonds. The summed E-state index contributed by atoms with van der Waals surface area (Å²) in [5, 5.41) is 14.5. The van der Waals surface area contributed by atoms with Gasteiger partial charge in [0.1, 0.15) is 11.5 Å². The van der Waals surface area contributed by atoms with Gasteiger partial charge in [0.2, 0.25) is 0 Å². The minimum absolute atomic E-state index is 0.0386. The average molecular weight is 323 g/mol. The van der Waals surface area contributed by atoms with Crippen molar-refractivity contribution in [3.05, 3.63) is 35.8 Å². The highest BCUT2D eigenvalue weighted by atomic mass is 19.1. The first-order chi connectivity index (χ1) is 11.1. The summed E-state index contributed by atoms with van der Waals surface area (Å²) in [6.45, 7) is 0.454. The molecule has 8 heteroatoms. The van der Waals surface area contributed by atoms with Crippen LogP contribution in [0.5, 0.6) is 0 Å². The van der Waals surface area contributed by atoms with Gasteiger partial charge in [-0.15, -0.1) is 0 Å². The first kappa shape index (κ1) is 16.9. The van der Waals surface area contributed by atoms with Gasteiger partial charge in [0.25, 0.3) is 11.8 Å². The van der Waals surface area contributed by atoms with Crippen LogP contribution in [0.3, 0.4) is 0 Å². The molecule has 0 bridgehead atoms. The number of amides is 2. The predicted octanol–water partition coefficient (Wildman–Crippen LogP) is 0.541. The van der Waals surface area contributed by atoms with Crippen LogP contribution in [0.1, 0.15) is 0 Å². The quantitative estimate of drug-likeness (QED) is 0.478. The Hall–Kier alpha value is -2.45. The summed E-state index contributed by atoms with van der Waals surface area (Å²) in [6.07, 6.45) is 1.09. The summed E-state index contributed by atoms with van der Waals surface area (Å²) in [4.78, 5) is 24.7. The Labute approximate surface area is 132 Å². The Bertz CT molecular complexity index is 633. The molecule has 1 aliphatic heterocycles. The number of carbonyl (C=O) groups is 2. The second-order valence-electron chi connectivity index (χ2n) is 4.78. The Morgan fingerprint density at radius 1 is 1.35 bits per heavy atom. The van der Waals surface area contributed by atoms with Crippen LogP contribution >= 0.6 is 0 Å². The molecule has 124 valence electrons. The number of β-amino-alcohol motifs (C(OH)–C–C–N with tert-alkyl or cyclic N) is 1. The number of halogens is 1. The minimum atomic E-state index is -0.602. The number of imide groups is 1. The van der Waals surface area contributed by atoms with E-state index in [9.17, 15) is 14.0 Å². The zero-order chi connectivity index (χ0) is 16.8. The lowest BCUT2D eigenvalue weighted by Gasteiger charge is -2.16. The number of hydrogen-bond acceptors (Lipinski definition) is 6. The van der Waals surface area contributed by atoms with Crippen molar-refractivity contribution in [2.75, 3.05) is 44.0 Å². The highest BCUT2D eigenvalue weighted by Gasteiger charge is 2.31. The normalized spacial score (nSPS) is 14.2. The number of aliphatic hydroxyl groups is 1. The maximum atomic E-state index is 14.1.